The molecule has 1 aromatic rings. The van der Waals surface area contributed by atoms with Gasteiger partial charge in [-0.25, -0.2) is 4.79 Å². The van der Waals surface area contributed by atoms with Crippen molar-refractivity contribution in [2.45, 2.75) is 32.7 Å². The van der Waals surface area contributed by atoms with E-state index in [0.717, 1.165) is 19.4 Å². The van der Waals surface area contributed by atoms with Crippen LogP contribution < -0.4 is 0 Å². The Bertz CT molecular complexity index is 498. The summed E-state index contributed by atoms with van der Waals surface area (Å²) in [4.78, 5) is 25.2. The number of carbonyl (C=O) groups is 2. The average molecular weight is 261 g/mol. The molecule has 1 fully saturated rings. The highest BCUT2D eigenvalue weighted by Crippen LogP contribution is 2.24. The molecular formula is C15H19NO3. The van der Waals surface area contributed by atoms with Crippen LogP contribution >= 0.6 is 0 Å². The van der Waals surface area contributed by atoms with Crippen LogP contribution in [0, 0.1) is 5.92 Å². The van der Waals surface area contributed by atoms with Crippen LogP contribution in [0.15, 0.2) is 24.3 Å². The highest BCUT2D eigenvalue weighted by molar-refractivity contribution is 5.97. The molecular weight excluding hydrogens is 242 g/mol. The fourth-order valence-corrected chi connectivity index (χ4v) is 2.66. The quantitative estimate of drug-likeness (QED) is 0.890. The maximum Gasteiger partial charge on any atom is 0.335 e. The summed E-state index contributed by atoms with van der Waals surface area (Å²) in [6.07, 6.45) is 2.01. The van der Waals surface area contributed by atoms with Crippen molar-refractivity contribution in [3.8, 4) is 0 Å². The van der Waals surface area contributed by atoms with Crippen LogP contribution in [0.1, 0.15) is 47.4 Å². The molecule has 1 aliphatic rings. The number of benzene rings is 1. The number of carbonyl (C=O) groups excluding carboxylic acids is 1. The van der Waals surface area contributed by atoms with E-state index in [-0.39, 0.29) is 17.5 Å². The number of carboxylic acids is 1. The second kappa shape index (κ2) is 5.43. The molecule has 1 N–H and O–H groups in total. The first-order valence-corrected chi connectivity index (χ1v) is 6.63. The van der Waals surface area contributed by atoms with Crippen molar-refractivity contribution in [1.82, 2.24) is 4.90 Å². The third-order valence-corrected chi connectivity index (χ3v) is 3.76. The van der Waals surface area contributed by atoms with Gasteiger partial charge in [-0.1, -0.05) is 13.0 Å². The van der Waals surface area contributed by atoms with Crippen molar-refractivity contribution in [1.29, 1.82) is 0 Å². The molecule has 2 unspecified atom stereocenters. The molecule has 0 radical (unpaired) electrons. The van der Waals surface area contributed by atoms with Crippen molar-refractivity contribution in [2.75, 3.05) is 6.54 Å². The zero-order valence-corrected chi connectivity index (χ0v) is 11.3. The minimum Gasteiger partial charge on any atom is -0.478 e. The van der Waals surface area contributed by atoms with Gasteiger partial charge >= 0.3 is 5.97 Å². The number of rotatable bonds is 2. The lowest BCUT2D eigenvalue weighted by molar-refractivity contribution is 0.0588. The second-order valence-corrected chi connectivity index (χ2v) is 5.36. The van der Waals surface area contributed by atoms with Crippen LogP contribution in [-0.2, 0) is 0 Å². The predicted octanol–water partition coefficient (Wildman–Crippen LogP) is 2.65. The monoisotopic (exact) mass is 261 g/mol. The fraction of sp³-hybridized carbons (Fsp3) is 0.467. The number of likely N-dealkylation sites (tertiary alicyclic amines) is 1. The summed E-state index contributed by atoms with van der Waals surface area (Å²) in [6, 6.07) is 6.47. The standard InChI is InChI=1S/C15H19NO3/c1-10-6-7-16(11(2)8-10)14(17)12-4-3-5-13(9-12)15(18)19/h3-5,9-11H,6-8H2,1-2H3,(H,18,19). The van der Waals surface area contributed by atoms with Gasteiger partial charge in [0.05, 0.1) is 5.56 Å². The average Bonchev–Trinajstić information content (AvgIpc) is 2.38. The van der Waals surface area contributed by atoms with Crippen LogP contribution in [0.4, 0.5) is 0 Å². The topological polar surface area (TPSA) is 57.6 Å². The summed E-state index contributed by atoms with van der Waals surface area (Å²) < 4.78 is 0. The highest BCUT2D eigenvalue weighted by Gasteiger charge is 2.27. The summed E-state index contributed by atoms with van der Waals surface area (Å²) in [5.41, 5.74) is 0.616. The molecule has 102 valence electrons. The number of piperidine rings is 1. The third kappa shape index (κ3) is 2.95. The van der Waals surface area contributed by atoms with E-state index in [1.807, 2.05) is 4.90 Å². The molecule has 1 heterocycles. The zero-order valence-electron chi connectivity index (χ0n) is 11.3. The Morgan fingerprint density at radius 1 is 1.26 bits per heavy atom. The molecule has 1 aromatic carbocycles. The van der Waals surface area contributed by atoms with Crippen LogP contribution in [0.2, 0.25) is 0 Å². The molecule has 0 bridgehead atoms. The zero-order chi connectivity index (χ0) is 14.0. The van der Waals surface area contributed by atoms with E-state index in [4.69, 9.17) is 5.11 Å². The third-order valence-electron chi connectivity index (χ3n) is 3.76. The number of aromatic carboxylic acids is 1. The number of carboxylic acid groups (broad SMARTS) is 1. The smallest absolute Gasteiger partial charge is 0.335 e. The lowest BCUT2D eigenvalue weighted by atomic mass is 9.93. The Hall–Kier alpha value is -1.84. The predicted molar refractivity (Wildman–Crippen MR) is 72.3 cm³/mol. The fourth-order valence-electron chi connectivity index (χ4n) is 2.66. The van der Waals surface area contributed by atoms with Gasteiger partial charge < -0.3 is 10.0 Å². The summed E-state index contributed by atoms with van der Waals surface area (Å²) in [6.45, 7) is 5.00. The summed E-state index contributed by atoms with van der Waals surface area (Å²) in [5.74, 6) is -0.429. The first-order valence-electron chi connectivity index (χ1n) is 6.63. The molecule has 19 heavy (non-hydrogen) atoms. The first kappa shape index (κ1) is 13.6. The minimum atomic E-state index is -1.00. The first-order chi connectivity index (χ1) is 8.99. The number of hydrogen-bond acceptors (Lipinski definition) is 2. The summed E-state index contributed by atoms with van der Waals surface area (Å²) in [5, 5.41) is 8.96. The van der Waals surface area contributed by atoms with E-state index < -0.39 is 5.97 Å². The SMILES string of the molecule is CC1CCN(C(=O)c2cccc(C(=O)O)c2)C(C)C1. The van der Waals surface area contributed by atoms with Gasteiger partial charge in [-0.3, -0.25) is 4.79 Å². The van der Waals surface area contributed by atoms with E-state index in [1.54, 1.807) is 12.1 Å². The second-order valence-electron chi connectivity index (χ2n) is 5.36. The number of amides is 1. The number of hydrogen-bond donors (Lipinski definition) is 1. The van der Waals surface area contributed by atoms with Crippen molar-refractivity contribution >= 4 is 11.9 Å². The number of nitrogens with zero attached hydrogens (tertiary/aromatic N) is 1. The van der Waals surface area contributed by atoms with Crippen molar-refractivity contribution in [3.63, 3.8) is 0 Å². The van der Waals surface area contributed by atoms with Gasteiger partial charge in [-0.2, -0.15) is 0 Å². The van der Waals surface area contributed by atoms with Gasteiger partial charge in [0.25, 0.3) is 5.91 Å². The van der Waals surface area contributed by atoms with Gasteiger partial charge in [0.1, 0.15) is 0 Å². The molecule has 1 amide bonds. The molecule has 1 aliphatic heterocycles. The van der Waals surface area contributed by atoms with Crippen LogP contribution in [-0.4, -0.2) is 34.5 Å². The largest absolute Gasteiger partial charge is 0.478 e. The van der Waals surface area contributed by atoms with E-state index >= 15 is 0 Å². The maximum atomic E-state index is 12.4. The van der Waals surface area contributed by atoms with Gasteiger partial charge in [0.15, 0.2) is 0 Å². The lowest BCUT2D eigenvalue weighted by Gasteiger charge is -2.36. The molecule has 0 saturated carbocycles. The molecule has 0 spiro atoms. The van der Waals surface area contributed by atoms with Crippen LogP contribution in [0.5, 0.6) is 0 Å². The highest BCUT2D eigenvalue weighted by atomic mass is 16.4. The Balaban J connectivity index is 2.19. The molecule has 4 nitrogen and oxygen atoms in total. The molecule has 2 atom stereocenters. The summed E-state index contributed by atoms with van der Waals surface area (Å²) in [7, 11) is 0. The van der Waals surface area contributed by atoms with E-state index in [0.29, 0.717) is 11.5 Å². The Kier molecular flexibility index (Phi) is 3.88. The molecule has 4 heteroatoms. The minimum absolute atomic E-state index is 0.0671. The Morgan fingerprint density at radius 3 is 2.58 bits per heavy atom. The van der Waals surface area contributed by atoms with Crippen molar-refractivity contribution < 1.29 is 14.7 Å². The van der Waals surface area contributed by atoms with Gasteiger partial charge in [0, 0.05) is 18.2 Å². The maximum absolute atomic E-state index is 12.4. The van der Waals surface area contributed by atoms with Crippen molar-refractivity contribution in [3.05, 3.63) is 35.4 Å². The molecule has 2 rings (SSSR count). The normalized spacial score (nSPS) is 23.2. The Morgan fingerprint density at radius 2 is 1.95 bits per heavy atom. The van der Waals surface area contributed by atoms with E-state index in [1.165, 1.54) is 12.1 Å². The van der Waals surface area contributed by atoms with Gasteiger partial charge in [-0.05, 0) is 43.9 Å². The molecule has 0 aliphatic carbocycles. The van der Waals surface area contributed by atoms with Crippen molar-refractivity contribution in [2.24, 2.45) is 5.92 Å². The van der Waals surface area contributed by atoms with E-state index in [2.05, 4.69) is 13.8 Å². The van der Waals surface area contributed by atoms with Crippen LogP contribution in [0.3, 0.4) is 0 Å². The Labute approximate surface area is 113 Å². The molecule has 0 aromatic heterocycles. The van der Waals surface area contributed by atoms with Crippen LogP contribution in [0.25, 0.3) is 0 Å². The lowest BCUT2D eigenvalue weighted by Crippen LogP contribution is -2.44. The van der Waals surface area contributed by atoms with Gasteiger partial charge in [0.2, 0.25) is 0 Å². The van der Waals surface area contributed by atoms with E-state index in [9.17, 15) is 9.59 Å². The molecule has 1 saturated heterocycles. The summed E-state index contributed by atoms with van der Waals surface area (Å²) >= 11 is 0. The van der Waals surface area contributed by atoms with Gasteiger partial charge in [-0.15, -0.1) is 0 Å².